The molecule has 13 nitrogen and oxygen atoms in total. The lowest BCUT2D eigenvalue weighted by atomic mass is 9.76. The van der Waals surface area contributed by atoms with Gasteiger partial charge in [0, 0.05) is 92.6 Å². The van der Waals surface area contributed by atoms with Crippen LogP contribution >= 0.6 is 24.4 Å². The summed E-state index contributed by atoms with van der Waals surface area (Å²) in [5.74, 6) is -2.80. The van der Waals surface area contributed by atoms with Gasteiger partial charge < -0.3 is 20.0 Å². The van der Waals surface area contributed by atoms with Gasteiger partial charge in [-0.2, -0.15) is 26.3 Å². The van der Waals surface area contributed by atoms with E-state index in [1.807, 2.05) is 12.1 Å². The molecule has 3 aliphatic rings. The zero-order valence-electron chi connectivity index (χ0n) is 38.9. The quantitative estimate of drug-likeness (QED) is 0.0729. The number of nitrogens with two attached hydrogens (primary N) is 1. The highest BCUT2D eigenvalue weighted by Gasteiger charge is 2.43. The number of aryl methyl sites for hydroxylation is 1. The molecular formula is C50H42F7N5O8S2. The number of allylic oxidation sites excluding steroid dienone is 2. The molecule has 376 valence electrons. The first-order valence-corrected chi connectivity index (χ1v) is 21.9. The molecular weight excluding hydrogens is 996 g/mol. The maximum atomic E-state index is 13.7. The number of hydrogen-bond donors (Lipinski definition) is 2. The van der Waals surface area contributed by atoms with Crippen LogP contribution in [-0.2, 0) is 51.8 Å². The van der Waals surface area contributed by atoms with Crippen LogP contribution in [0, 0.1) is 22.3 Å². The van der Waals surface area contributed by atoms with Gasteiger partial charge >= 0.3 is 12.4 Å². The number of fused-ring (bicyclic) bond motifs is 4. The molecule has 3 N–H and O–H groups in total. The maximum absolute atomic E-state index is 13.7. The molecule has 3 aliphatic carbocycles. The number of halogens is 7. The summed E-state index contributed by atoms with van der Waals surface area (Å²) in [6.07, 6.45) is -8.66. The highest BCUT2D eigenvalue weighted by molar-refractivity contribution is 7.71. The summed E-state index contributed by atoms with van der Waals surface area (Å²) in [6.45, 7) is 2.66. The van der Waals surface area contributed by atoms with Gasteiger partial charge in [0.05, 0.1) is 17.5 Å². The Morgan fingerprint density at radius 1 is 0.694 bits per heavy atom. The Kier molecular flexibility index (Phi) is 16.7. The van der Waals surface area contributed by atoms with Crippen LogP contribution < -0.4 is 16.9 Å². The van der Waals surface area contributed by atoms with Crippen molar-refractivity contribution in [2.24, 2.45) is 28.2 Å². The molecule has 0 saturated heterocycles. The van der Waals surface area contributed by atoms with Crippen molar-refractivity contribution in [2.45, 2.75) is 45.0 Å². The molecule has 6 aromatic rings. The van der Waals surface area contributed by atoms with Gasteiger partial charge in [-0.3, -0.25) is 42.7 Å². The number of aromatic nitrogens is 4. The van der Waals surface area contributed by atoms with Crippen LogP contribution in [0.1, 0.15) is 99.8 Å². The third-order valence-corrected chi connectivity index (χ3v) is 12.5. The number of anilines is 1. The van der Waals surface area contributed by atoms with E-state index in [1.165, 1.54) is 22.2 Å². The minimum absolute atomic E-state index is 0.0504. The molecule has 0 fully saturated rings. The number of aldehydes is 1. The first-order chi connectivity index (χ1) is 33.5. The minimum atomic E-state index is -4.63. The minimum Gasteiger partial charge on any atom is -0.481 e. The summed E-state index contributed by atoms with van der Waals surface area (Å²) in [7, 11) is 6.61. The number of nitrogens with zero attached hydrogens (tertiary/aromatic N) is 4. The van der Waals surface area contributed by atoms with Crippen LogP contribution in [-0.4, -0.2) is 53.0 Å². The Morgan fingerprint density at radius 3 is 1.72 bits per heavy atom. The van der Waals surface area contributed by atoms with Crippen molar-refractivity contribution in [3.8, 4) is 0 Å². The fourth-order valence-electron chi connectivity index (χ4n) is 7.97. The normalized spacial score (nSPS) is 14.1. The maximum Gasteiger partial charge on any atom is 0.416 e. The molecule has 1 atom stereocenters. The molecule has 22 heteroatoms. The Labute approximate surface area is 414 Å². The number of alkyl halides is 6. The van der Waals surface area contributed by atoms with Crippen molar-refractivity contribution in [3.63, 3.8) is 0 Å². The largest absolute Gasteiger partial charge is 0.481 e. The number of Topliss-reactive ketones (excluding diaryl/α,β-unsaturated/α-hetero) is 3. The van der Waals surface area contributed by atoms with E-state index in [9.17, 15) is 59.5 Å². The molecule has 0 saturated carbocycles. The van der Waals surface area contributed by atoms with Crippen LogP contribution in [0.15, 0.2) is 106 Å². The standard InChI is InChI=1S/C25H19F3N2O2S.C9H6O2.C8H4F4O.C6H9N3OS.C2H4O2/c1-12-8-13(10-14(9-12)25(26,27)28)19-20-17(15-6-4-5-7-16(15)22(20)31)11-18-21(19)23(32)30(3)24(33)29(18)2;10-8-5-9(11)7-4-2-1-3-6(7)8;9-7-2-5(4-13)1-6(3-7)8(10,11)12;1-8-4(7)3-5(10)9(2)6(8)11;1-2(3)4/h4-10,19H,11H2,1-3H3;1-4H,5H2;1-4H;3H,7H2,1-2H3;1H3,(H,3,4). The molecule has 0 amide bonds. The molecule has 1 unspecified atom stereocenters. The summed E-state index contributed by atoms with van der Waals surface area (Å²) in [6, 6.07) is 20.8. The van der Waals surface area contributed by atoms with Gasteiger partial charge in [0.15, 0.2) is 26.9 Å². The van der Waals surface area contributed by atoms with E-state index in [1.54, 1.807) is 79.7 Å². The second-order valence-corrected chi connectivity index (χ2v) is 17.1. The van der Waals surface area contributed by atoms with Crippen LogP contribution in [0.2, 0.25) is 0 Å². The molecule has 9 rings (SSSR count). The molecule has 2 aromatic heterocycles. The Balaban J connectivity index is 0.000000201. The van der Waals surface area contributed by atoms with Gasteiger partial charge in [0.25, 0.3) is 17.1 Å². The van der Waals surface area contributed by atoms with Crippen LogP contribution in [0.4, 0.5) is 36.6 Å². The number of carbonyl (C=O) groups excluding carboxylic acids is 4. The van der Waals surface area contributed by atoms with Gasteiger partial charge in [-0.1, -0.05) is 60.2 Å². The highest BCUT2D eigenvalue weighted by atomic mass is 32.1. The van der Waals surface area contributed by atoms with E-state index in [-0.39, 0.29) is 46.7 Å². The average molecular weight is 1040 g/mol. The molecule has 0 spiro atoms. The zero-order valence-corrected chi connectivity index (χ0v) is 40.5. The Morgan fingerprint density at radius 2 is 1.19 bits per heavy atom. The third kappa shape index (κ3) is 11.9. The van der Waals surface area contributed by atoms with Crippen molar-refractivity contribution in [3.05, 3.63) is 194 Å². The fraction of sp³-hybridized carbons (Fsp3) is 0.220. The number of carboxylic acids is 1. The van der Waals surface area contributed by atoms with Crippen molar-refractivity contribution in [1.82, 2.24) is 18.3 Å². The van der Waals surface area contributed by atoms with Crippen molar-refractivity contribution >= 4 is 65.4 Å². The number of carbonyl (C=O) groups is 5. The van der Waals surface area contributed by atoms with E-state index in [0.29, 0.717) is 73.0 Å². The van der Waals surface area contributed by atoms with E-state index in [4.69, 9.17) is 40.1 Å². The van der Waals surface area contributed by atoms with Gasteiger partial charge in [0.1, 0.15) is 17.9 Å². The summed E-state index contributed by atoms with van der Waals surface area (Å²) in [4.78, 5) is 79.2. The van der Waals surface area contributed by atoms with Crippen molar-refractivity contribution in [2.75, 3.05) is 5.73 Å². The second-order valence-electron chi connectivity index (χ2n) is 16.4. The van der Waals surface area contributed by atoms with E-state index in [2.05, 4.69) is 0 Å². The summed E-state index contributed by atoms with van der Waals surface area (Å²) >= 11 is 10.3. The number of aliphatic carboxylic acids is 1. The number of ketones is 3. The van der Waals surface area contributed by atoms with Crippen LogP contribution in [0.3, 0.4) is 0 Å². The fourth-order valence-corrected chi connectivity index (χ4v) is 8.36. The van der Waals surface area contributed by atoms with E-state index in [0.717, 1.165) is 36.3 Å². The third-order valence-electron chi connectivity index (χ3n) is 11.4. The first-order valence-electron chi connectivity index (χ1n) is 21.0. The number of hydrogen-bond acceptors (Lipinski definition) is 10. The van der Waals surface area contributed by atoms with Gasteiger partial charge in [0.2, 0.25) is 0 Å². The Hall–Kier alpha value is -7.72. The summed E-state index contributed by atoms with van der Waals surface area (Å²) in [5, 5.41) is 7.42. The average Bonchev–Trinajstić information content (AvgIpc) is 3.77. The van der Waals surface area contributed by atoms with Crippen LogP contribution in [0.25, 0.3) is 5.57 Å². The highest BCUT2D eigenvalue weighted by Crippen LogP contribution is 2.49. The number of rotatable bonds is 2. The number of nitrogen functional groups attached to an aromatic ring is 1. The smallest absolute Gasteiger partial charge is 0.416 e. The van der Waals surface area contributed by atoms with E-state index >= 15 is 0 Å². The van der Waals surface area contributed by atoms with Crippen molar-refractivity contribution in [1.29, 1.82) is 0 Å². The molecule has 0 aliphatic heterocycles. The van der Waals surface area contributed by atoms with Crippen LogP contribution in [0.5, 0.6) is 0 Å². The van der Waals surface area contributed by atoms with Crippen molar-refractivity contribution < 1.29 is 59.8 Å². The molecule has 0 radical (unpaired) electrons. The first kappa shape index (κ1) is 55.2. The predicted molar refractivity (Wildman–Crippen MR) is 257 cm³/mol. The summed E-state index contributed by atoms with van der Waals surface area (Å²) in [5.41, 5.74) is 7.72. The van der Waals surface area contributed by atoms with Gasteiger partial charge in [-0.05, 0) is 78.4 Å². The number of carboxylic acid groups (broad SMARTS) is 1. The lowest BCUT2D eigenvalue weighted by molar-refractivity contribution is -0.138. The summed E-state index contributed by atoms with van der Waals surface area (Å²) < 4.78 is 96.2. The lowest BCUT2D eigenvalue weighted by Crippen LogP contribution is -2.34. The van der Waals surface area contributed by atoms with E-state index < -0.39 is 46.7 Å². The molecule has 72 heavy (non-hydrogen) atoms. The predicted octanol–water partition coefficient (Wildman–Crippen LogP) is 9.36. The number of benzene rings is 4. The molecule has 2 heterocycles. The second kappa shape index (κ2) is 21.7. The molecule has 4 aromatic carbocycles. The van der Waals surface area contributed by atoms with Gasteiger partial charge in [-0.25, -0.2) is 4.39 Å². The SMILES string of the molecule is CC(=O)O.Cc1cc(C2C3=C(Cc4c2c(=O)n(C)c(=S)n4C)c2ccccc2C3=O)cc(C(F)(F)F)c1.Cn1c(N)cc(=O)n(C)c1=S.O=C1CC(=O)c2ccccc21.O=Cc1cc(F)cc(C(F)(F)F)c1. The lowest BCUT2D eigenvalue weighted by Gasteiger charge is -2.30. The zero-order chi connectivity index (χ0) is 53.9. The molecule has 0 bridgehead atoms. The van der Waals surface area contributed by atoms with Gasteiger partial charge in [-0.15, -0.1) is 0 Å². The Bertz CT molecular complexity index is 3460. The monoisotopic (exact) mass is 1040 g/mol. The topological polar surface area (TPSA) is 185 Å².